The average molecular weight is 523 g/mol. The predicted octanol–water partition coefficient (Wildman–Crippen LogP) is 3.54. The van der Waals surface area contributed by atoms with Crippen LogP contribution in [0.4, 0.5) is 0 Å². The highest BCUT2D eigenvalue weighted by atomic mass is 127. The summed E-state index contributed by atoms with van der Waals surface area (Å²) in [5, 5.41) is 7.29. The minimum absolute atomic E-state index is 0. The van der Waals surface area contributed by atoms with Gasteiger partial charge in [0.25, 0.3) is 0 Å². The van der Waals surface area contributed by atoms with E-state index in [0.29, 0.717) is 23.9 Å². The van der Waals surface area contributed by atoms with Crippen LogP contribution in [-0.2, 0) is 4.79 Å². The first-order valence-corrected chi connectivity index (χ1v) is 10.0. The van der Waals surface area contributed by atoms with Gasteiger partial charge in [0, 0.05) is 31.6 Å². The van der Waals surface area contributed by atoms with Crippen molar-refractivity contribution in [2.75, 3.05) is 26.2 Å². The van der Waals surface area contributed by atoms with Gasteiger partial charge < -0.3 is 20.3 Å². The molecule has 0 spiro atoms. The molecule has 28 heavy (non-hydrogen) atoms. The highest BCUT2D eigenvalue weighted by Gasteiger charge is 2.28. The fourth-order valence-electron chi connectivity index (χ4n) is 2.97. The third kappa shape index (κ3) is 7.66. The second-order valence-corrected chi connectivity index (χ2v) is 7.55. The first-order chi connectivity index (χ1) is 12.9. The van der Waals surface area contributed by atoms with Gasteiger partial charge in [-0.3, -0.25) is 4.79 Å². The summed E-state index contributed by atoms with van der Waals surface area (Å²) in [5.74, 6) is 1.66. The number of nitrogens with zero attached hydrogens (tertiary/aromatic N) is 2. The van der Waals surface area contributed by atoms with Crippen LogP contribution in [0.15, 0.2) is 29.3 Å². The summed E-state index contributed by atoms with van der Waals surface area (Å²) in [6, 6.07) is 7.64. The van der Waals surface area contributed by atoms with Gasteiger partial charge in [-0.05, 0) is 32.4 Å². The van der Waals surface area contributed by atoms with Gasteiger partial charge in [0.2, 0.25) is 5.91 Å². The summed E-state index contributed by atoms with van der Waals surface area (Å²) in [7, 11) is 0. The molecule has 0 saturated carbocycles. The summed E-state index contributed by atoms with van der Waals surface area (Å²) in [5.41, 5.74) is 0. The van der Waals surface area contributed by atoms with E-state index in [4.69, 9.17) is 16.3 Å². The number of ether oxygens (including phenoxy) is 1. The monoisotopic (exact) mass is 522 g/mol. The Bertz CT molecular complexity index is 657. The summed E-state index contributed by atoms with van der Waals surface area (Å²) in [4.78, 5) is 18.7. The van der Waals surface area contributed by atoms with E-state index in [0.717, 1.165) is 25.5 Å². The van der Waals surface area contributed by atoms with E-state index in [1.807, 2.05) is 56.9 Å². The van der Waals surface area contributed by atoms with Crippen molar-refractivity contribution in [3.05, 3.63) is 29.3 Å². The maximum Gasteiger partial charge on any atom is 0.225 e. The number of carbonyl (C=O) groups excluding carboxylic acids is 1. The van der Waals surface area contributed by atoms with E-state index in [1.54, 1.807) is 0 Å². The fourth-order valence-corrected chi connectivity index (χ4v) is 3.15. The molecule has 1 aromatic rings. The minimum Gasteiger partial charge on any atom is -0.487 e. The van der Waals surface area contributed by atoms with Gasteiger partial charge in [0.05, 0.1) is 11.6 Å². The fraction of sp³-hybridized carbons (Fsp3) is 0.600. The smallest absolute Gasteiger partial charge is 0.225 e. The van der Waals surface area contributed by atoms with Crippen LogP contribution in [0.3, 0.4) is 0 Å². The topological polar surface area (TPSA) is 66.0 Å². The molecular formula is C20H32ClIN4O2. The Morgan fingerprint density at radius 1 is 1.36 bits per heavy atom. The third-order valence-corrected chi connectivity index (χ3v) is 4.66. The summed E-state index contributed by atoms with van der Waals surface area (Å²) < 4.78 is 5.87. The highest BCUT2D eigenvalue weighted by molar-refractivity contribution is 14.0. The zero-order valence-corrected chi connectivity index (χ0v) is 20.2. The number of likely N-dealkylation sites (tertiary alicyclic amines) is 1. The molecule has 0 bridgehead atoms. The molecule has 1 aliphatic heterocycles. The van der Waals surface area contributed by atoms with Crippen molar-refractivity contribution in [2.45, 2.75) is 46.3 Å². The number of benzene rings is 1. The molecule has 2 rings (SSSR count). The van der Waals surface area contributed by atoms with E-state index in [9.17, 15) is 4.79 Å². The van der Waals surface area contributed by atoms with Crippen LogP contribution in [0, 0.1) is 5.92 Å². The number of hydrogen-bond acceptors (Lipinski definition) is 3. The number of carbonyl (C=O) groups is 1. The van der Waals surface area contributed by atoms with Crippen molar-refractivity contribution >= 4 is 47.4 Å². The van der Waals surface area contributed by atoms with Gasteiger partial charge in [0.1, 0.15) is 11.9 Å². The largest absolute Gasteiger partial charge is 0.487 e. The Balaban J connectivity index is 0.00000392. The number of para-hydroxylation sites is 1. The second kappa shape index (κ2) is 12.4. The van der Waals surface area contributed by atoms with Crippen LogP contribution < -0.4 is 15.4 Å². The lowest BCUT2D eigenvalue weighted by Gasteiger charge is -2.21. The van der Waals surface area contributed by atoms with Crippen LogP contribution in [0.25, 0.3) is 0 Å². The lowest BCUT2D eigenvalue weighted by molar-refractivity contribution is -0.133. The van der Waals surface area contributed by atoms with Gasteiger partial charge in [-0.15, -0.1) is 24.0 Å². The highest BCUT2D eigenvalue weighted by Crippen LogP contribution is 2.24. The Labute approximate surface area is 190 Å². The van der Waals surface area contributed by atoms with Crippen molar-refractivity contribution in [2.24, 2.45) is 10.9 Å². The first-order valence-electron chi connectivity index (χ1n) is 9.65. The maximum atomic E-state index is 12.1. The number of aliphatic imine (C=N–C) groups is 1. The Kier molecular flexibility index (Phi) is 11.0. The SMILES string of the molecule is CCNC(=NCC(C)Oc1ccccc1Cl)NC1CCN(C(=O)C(C)C)C1.I. The van der Waals surface area contributed by atoms with Gasteiger partial charge in [-0.1, -0.05) is 37.6 Å². The van der Waals surface area contributed by atoms with E-state index < -0.39 is 0 Å². The normalized spacial score (nSPS) is 17.9. The molecule has 1 heterocycles. The number of amides is 1. The average Bonchev–Trinajstić information content (AvgIpc) is 3.09. The second-order valence-electron chi connectivity index (χ2n) is 7.15. The number of nitrogens with one attached hydrogen (secondary N) is 2. The third-order valence-electron chi connectivity index (χ3n) is 4.35. The molecule has 0 aliphatic carbocycles. The molecule has 2 atom stereocenters. The van der Waals surface area contributed by atoms with Crippen molar-refractivity contribution in [3.8, 4) is 5.75 Å². The van der Waals surface area contributed by atoms with Crippen molar-refractivity contribution < 1.29 is 9.53 Å². The molecule has 1 fully saturated rings. The molecule has 6 nitrogen and oxygen atoms in total. The predicted molar refractivity (Wildman–Crippen MR) is 126 cm³/mol. The number of halogens is 2. The van der Waals surface area contributed by atoms with Crippen LogP contribution in [0.5, 0.6) is 5.75 Å². The van der Waals surface area contributed by atoms with Crippen LogP contribution in [0.1, 0.15) is 34.1 Å². The molecule has 158 valence electrons. The van der Waals surface area contributed by atoms with Gasteiger partial charge in [0.15, 0.2) is 5.96 Å². The van der Waals surface area contributed by atoms with Crippen molar-refractivity contribution in [3.63, 3.8) is 0 Å². The lowest BCUT2D eigenvalue weighted by atomic mass is 10.2. The molecule has 1 amide bonds. The van der Waals surface area contributed by atoms with Crippen LogP contribution in [0.2, 0.25) is 5.02 Å². The van der Waals surface area contributed by atoms with Crippen LogP contribution >= 0.6 is 35.6 Å². The lowest BCUT2D eigenvalue weighted by Crippen LogP contribution is -2.45. The van der Waals surface area contributed by atoms with Gasteiger partial charge >= 0.3 is 0 Å². The first kappa shape index (κ1) is 24.8. The molecule has 0 radical (unpaired) electrons. The van der Waals surface area contributed by atoms with E-state index in [1.165, 1.54) is 0 Å². The molecule has 2 N–H and O–H groups in total. The van der Waals surface area contributed by atoms with Gasteiger partial charge in [-0.2, -0.15) is 0 Å². The quantitative estimate of drug-likeness (QED) is 0.327. The summed E-state index contributed by atoms with van der Waals surface area (Å²) in [6.45, 7) is 10.7. The zero-order valence-electron chi connectivity index (χ0n) is 17.1. The number of hydrogen-bond donors (Lipinski definition) is 2. The molecule has 1 aromatic carbocycles. The molecule has 2 unspecified atom stereocenters. The van der Waals surface area contributed by atoms with Crippen molar-refractivity contribution in [1.82, 2.24) is 15.5 Å². The molecule has 0 aromatic heterocycles. The minimum atomic E-state index is -0.108. The number of guanidine groups is 1. The summed E-state index contributed by atoms with van der Waals surface area (Å²) >= 11 is 6.14. The Morgan fingerprint density at radius 2 is 2.07 bits per heavy atom. The maximum absolute atomic E-state index is 12.1. The van der Waals surface area contributed by atoms with Gasteiger partial charge in [-0.25, -0.2) is 4.99 Å². The zero-order chi connectivity index (χ0) is 19.8. The molecular weight excluding hydrogens is 491 g/mol. The molecule has 8 heteroatoms. The van der Waals surface area contributed by atoms with E-state index >= 15 is 0 Å². The standard InChI is InChI=1S/C20H31ClN4O2.HI/c1-5-22-20(24-16-10-11-25(13-16)19(26)14(2)3)23-12-15(4)27-18-9-7-6-8-17(18)21;/h6-9,14-16H,5,10-13H2,1-4H3,(H2,22,23,24);1H. The number of rotatable bonds is 7. The molecule has 1 aliphatic rings. The van der Waals surface area contributed by atoms with E-state index in [-0.39, 0.29) is 47.9 Å². The summed E-state index contributed by atoms with van der Waals surface area (Å²) in [6.07, 6.45) is 0.817. The van der Waals surface area contributed by atoms with Crippen molar-refractivity contribution in [1.29, 1.82) is 0 Å². The van der Waals surface area contributed by atoms with Crippen LogP contribution in [-0.4, -0.2) is 55.1 Å². The Hall–Kier alpha value is -1.22. The van der Waals surface area contributed by atoms with E-state index in [2.05, 4.69) is 15.6 Å². The Morgan fingerprint density at radius 3 is 2.71 bits per heavy atom. The molecule has 1 saturated heterocycles.